The quantitative estimate of drug-likeness (QED) is 0.227. The van der Waals surface area contributed by atoms with Crippen LogP contribution >= 0.6 is 11.6 Å². The predicted octanol–water partition coefficient (Wildman–Crippen LogP) is 6.58. The van der Waals surface area contributed by atoms with Crippen molar-refractivity contribution >= 4 is 29.4 Å². The van der Waals surface area contributed by atoms with Gasteiger partial charge in [0, 0.05) is 30.6 Å². The summed E-state index contributed by atoms with van der Waals surface area (Å²) >= 11 is 6.34. The molecule has 218 valence electrons. The van der Waals surface area contributed by atoms with Crippen molar-refractivity contribution in [2.45, 2.75) is 38.7 Å². The van der Waals surface area contributed by atoms with E-state index in [1.165, 1.54) is 10.5 Å². The number of ether oxygens (including phenoxy) is 2. The number of benzene rings is 3. The Morgan fingerprint density at radius 1 is 1.10 bits per heavy atom. The average Bonchev–Trinajstić information content (AvgIpc) is 3.67. The van der Waals surface area contributed by atoms with E-state index in [0.29, 0.717) is 41.3 Å². The summed E-state index contributed by atoms with van der Waals surface area (Å²) in [6.07, 6.45) is 3.51. The third-order valence-corrected chi connectivity index (χ3v) is 7.68. The van der Waals surface area contributed by atoms with E-state index < -0.39 is 0 Å². The molecule has 8 nitrogen and oxygen atoms in total. The average molecular weight is 587 g/mol. The molecule has 0 spiro atoms. The number of halogens is 1. The first-order valence-corrected chi connectivity index (χ1v) is 14.5. The summed E-state index contributed by atoms with van der Waals surface area (Å²) in [6, 6.07) is 22.6. The summed E-state index contributed by atoms with van der Waals surface area (Å²) in [6.45, 7) is 5.05. The number of amides is 2. The summed E-state index contributed by atoms with van der Waals surface area (Å²) in [7, 11) is 1.62. The van der Waals surface area contributed by atoms with Gasteiger partial charge in [-0.25, -0.2) is 4.98 Å². The predicted molar refractivity (Wildman–Crippen MR) is 165 cm³/mol. The molecule has 0 bridgehead atoms. The van der Waals surface area contributed by atoms with Crippen LogP contribution in [0.15, 0.2) is 79.0 Å². The molecule has 1 aliphatic heterocycles. The summed E-state index contributed by atoms with van der Waals surface area (Å²) in [5, 5.41) is 3.29. The maximum atomic E-state index is 13.5. The topological polar surface area (TPSA) is 85.7 Å². The van der Waals surface area contributed by atoms with Crippen molar-refractivity contribution < 1.29 is 19.1 Å². The molecule has 1 aromatic heterocycles. The fraction of sp³-hybridized carbons (Fsp3) is 0.303. The number of hydrogen-bond acceptors (Lipinski definition) is 5. The van der Waals surface area contributed by atoms with E-state index in [1.807, 2.05) is 47.2 Å². The minimum Gasteiger partial charge on any atom is -0.497 e. The number of carbonyl (C=O) groups is 2. The van der Waals surface area contributed by atoms with E-state index in [9.17, 15) is 9.59 Å². The van der Waals surface area contributed by atoms with Crippen LogP contribution in [0.5, 0.6) is 5.75 Å². The molecule has 0 saturated carbocycles. The number of methoxy groups -OCH3 is 1. The maximum absolute atomic E-state index is 13.5. The second kappa shape index (κ2) is 13.2. The van der Waals surface area contributed by atoms with E-state index in [4.69, 9.17) is 26.1 Å². The Labute approximate surface area is 251 Å². The molecule has 0 aliphatic carbocycles. The first-order chi connectivity index (χ1) is 20.3. The highest BCUT2D eigenvalue weighted by molar-refractivity contribution is 6.33. The van der Waals surface area contributed by atoms with Gasteiger partial charge in [-0.3, -0.25) is 19.5 Å². The summed E-state index contributed by atoms with van der Waals surface area (Å²) < 4.78 is 12.9. The van der Waals surface area contributed by atoms with Gasteiger partial charge in [0.15, 0.2) is 0 Å². The van der Waals surface area contributed by atoms with Crippen molar-refractivity contribution in [3.8, 4) is 22.7 Å². The molecule has 1 unspecified atom stereocenters. The van der Waals surface area contributed by atoms with Gasteiger partial charge in [-0.05, 0) is 72.9 Å². The second-order valence-electron chi connectivity index (χ2n) is 10.6. The van der Waals surface area contributed by atoms with Crippen molar-refractivity contribution in [3.63, 3.8) is 0 Å². The molecule has 1 saturated heterocycles. The fourth-order valence-corrected chi connectivity index (χ4v) is 5.20. The van der Waals surface area contributed by atoms with E-state index in [1.54, 1.807) is 31.4 Å². The second-order valence-corrected chi connectivity index (χ2v) is 11.1. The third-order valence-electron chi connectivity index (χ3n) is 7.35. The lowest BCUT2D eigenvalue weighted by Crippen LogP contribution is -2.42. The number of nitrogens with zero attached hydrogens (tertiary/aromatic N) is 3. The number of aromatic nitrogens is 2. The van der Waals surface area contributed by atoms with Crippen molar-refractivity contribution in [2.24, 2.45) is 0 Å². The molecule has 2 amide bonds. The molecule has 4 aromatic rings. The number of nitrogens with one attached hydrogen (secondary N) is 1. The lowest BCUT2D eigenvalue weighted by molar-refractivity contribution is -0.117. The maximum Gasteiger partial charge on any atom is 0.255 e. The molecule has 2 heterocycles. The smallest absolute Gasteiger partial charge is 0.255 e. The molecule has 1 aliphatic rings. The van der Waals surface area contributed by atoms with E-state index >= 15 is 0 Å². The Morgan fingerprint density at radius 3 is 2.48 bits per heavy atom. The Balaban J connectivity index is 1.43. The van der Waals surface area contributed by atoms with Gasteiger partial charge in [0.2, 0.25) is 11.9 Å². The summed E-state index contributed by atoms with van der Waals surface area (Å²) in [5.41, 5.74) is 3.97. The molecular weight excluding hydrogens is 552 g/mol. The van der Waals surface area contributed by atoms with Crippen molar-refractivity contribution in [2.75, 3.05) is 32.1 Å². The van der Waals surface area contributed by atoms with Crippen LogP contribution in [0, 0.1) is 0 Å². The Bertz CT molecular complexity index is 1530. The molecule has 1 atom stereocenters. The zero-order valence-corrected chi connectivity index (χ0v) is 24.8. The van der Waals surface area contributed by atoms with E-state index in [0.717, 1.165) is 29.8 Å². The molecule has 1 N–H and O–H groups in total. The SMILES string of the molecule is COc1ccc(-c2cn(-c3ccc(C(C)C)cc3)c(NC(=O)CN(CC3CCCO3)C(=O)c3ccccc3Cl)n2)cc1. The number of hydrogen-bond donors (Lipinski definition) is 1. The fourth-order valence-electron chi connectivity index (χ4n) is 4.98. The standard InChI is InChI=1S/C33H35ClN4O4/c1-22(2)23-10-14-25(15-11-23)38-20-30(24-12-16-26(41-3)17-13-24)35-33(38)36-31(39)21-37(19-27-7-6-18-42-27)32(40)28-8-4-5-9-29(28)34/h4-5,8-17,20,22,27H,6-7,18-19,21H2,1-3H3,(H,35,36,39). The van der Waals surface area contributed by atoms with Crippen LogP contribution in [0.2, 0.25) is 5.02 Å². The zero-order valence-electron chi connectivity index (χ0n) is 24.0. The molecule has 1 fully saturated rings. The third kappa shape index (κ3) is 6.83. The molecule has 5 rings (SSSR count). The van der Waals surface area contributed by atoms with Crippen LogP contribution in [0.25, 0.3) is 16.9 Å². The van der Waals surface area contributed by atoms with Gasteiger partial charge in [0.25, 0.3) is 5.91 Å². The summed E-state index contributed by atoms with van der Waals surface area (Å²) in [4.78, 5) is 33.3. The van der Waals surface area contributed by atoms with Crippen molar-refractivity contribution in [3.05, 3.63) is 95.1 Å². The van der Waals surface area contributed by atoms with Gasteiger partial charge in [-0.1, -0.05) is 49.7 Å². The normalized spacial score (nSPS) is 14.6. The monoisotopic (exact) mass is 586 g/mol. The molecule has 9 heteroatoms. The zero-order chi connectivity index (χ0) is 29.6. The minimum absolute atomic E-state index is 0.132. The molecule has 42 heavy (non-hydrogen) atoms. The highest BCUT2D eigenvalue weighted by atomic mass is 35.5. The largest absolute Gasteiger partial charge is 0.497 e. The van der Waals surface area contributed by atoms with Crippen LogP contribution in [0.4, 0.5) is 5.95 Å². The lowest BCUT2D eigenvalue weighted by atomic mass is 10.0. The Hall–Kier alpha value is -4.14. The van der Waals surface area contributed by atoms with Crippen LogP contribution < -0.4 is 10.1 Å². The lowest BCUT2D eigenvalue weighted by Gasteiger charge is -2.25. The Kier molecular flexibility index (Phi) is 9.25. The van der Waals surface area contributed by atoms with Gasteiger partial charge < -0.3 is 14.4 Å². The first-order valence-electron chi connectivity index (χ1n) is 14.1. The number of imidazole rings is 1. The molecule has 0 radical (unpaired) electrons. The summed E-state index contributed by atoms with van der Waals surface area (Å²) in [5.74, 6) is 0.787. The van der Waals surface area contributed by atoms with Crippen molar-refractivity contribution in [1.29, 1.82) is 0 Å². The van der Waals surface area contributed by atoms with Gasteiger partial charge in [0.1, 0.15) is 12.3 Å². The number of carbonyl (C=O) groups excluding carboxylic acids is 2. The van der Waals surface area contributed by atoms with Gasteiger partial charge in [-0.2, -0.15) is 0 Å². The minimum atomic E-state index is -0.375. The van der Waals surface area contributed by atoms with Crippen LogP contribution in [0.1, 0.15) is 48.5 Å². The molecule has 3 aromatic carbocycles. The van der Waals surface area contributed by atoms with Crippen LogP contribution in [-0.2, 0) is 9.53 Å². The van der Waals surface area contributed by atoms with Crippen LogP contribution in [-0.4, -0.2) is 59.2 Å². The van der Waals surface area contributed by atoms with E-state index in [-0.39, 0.29) is 24.5 Å². The van der Waals surface area contributed by atoms with E-state index in [2.05, 4.69) is 31.3 Å². The highest BCUT2D eigenvalue weighted by Gasteiger charge is 2.27. The number of rotatable bonds is 10. The van der Waals surface area contributed by atoms with Gasteiger partial charge in [0.05, 0.1) is 29.5 Å². The Morgan fingerprint density at radius 2 is 1.83 bits per heavy atom. The number of anilines is 1. The van der Waals surface area contributed by atoms with Crippen LogP contribution in [0.3, 0.4) is 0 Å². The van der Waals surface area contributed by atoms with Gasteiger partial charge in [-0.15, -0.1) is 0 Å². The molecular formula is C33H35ClN4O4. The van der Waals surface area contributed by atoms with Gasteiger partial charge >= 0.3 is 0 Å². The van der Waals surface area contributed by atoms with Crippen molar-refractivity contribution in [1.82, 2.24) is 14.5 Å². The highest BCUT2D eigenvalue weighted by Crippen LogP contribution is 2.27. The first kappa shape index (κ1) is 29.4.